The number of piperidine rings is 1. The van der Waals surface area contributed by atoms with Crippen molar-refractivity contribution >= 4 is 82.5 Å². The van der Waals surface area contributed by atoms with Gasteiger partial charge < -0.3 is 60.0 Å². The topological polar surface area (TPSA) is 270 Å². The molecule has 4 aliphatic rings. The van der Waals surface area contributed by atoms with Crippen LogP contribution >= 0.6 is 11.6 Å². The summed E-state index contributed by atoms with van der Waals surface area (Å²) in [6, 6.07) is -2.83. The number of benzene rings is 2. The summed E-state index contributed by atoms with van der Waals surface area (Å²) in [6.07, 6.45) is -7.82. The molecule has 3 saturated heterocycles. The first-order valence-electron chi connectivity index (χ1n) is 35.0. The second-order valence-electron chi connectivity index (χ2n) is 28.6. The lowest BCUT2D eigenvalue weighted by atomic mass is 9.91. The third-order valence-electron chi connectivity index (χ3n) is 20.3. The Morgan fingerprint density at radius 3 is 1.80 bits per heavy atom. The molecule has 566 valence electrons. The number of likely N-dealkylation sites (N-methyl/N-ethyl adjacent to an activating group) is 7. The third-order valence-corrected chi connectivity index (χ3v) is 20.7. The molecular formula is C71H101ClF6N12O12. The van der Waals surface area contributed by atoms with Crippen LogP contribution in [0.1, 0.15) is 147 Å². The number of nitrogens with zero attached hydrogens (tertiary/aromatic N) is 9. The minimum absolute atomic E-state index is 0.0512. The van der Waals surface area contributed by atoms with Gasteiger partial charge in [0.1, 0.15) is 47.8 Å². The third kappa shape index (κ3) is 20.4. The molecule has 0 unspecified atom stereocenters. The first kappa shape index (κ1) is 82.9. The largest absolute Gasteiger partial charge is 0.417 e. The zero-order chi connectivity index (χ0) is 76.2. The van der Waals surface area contributed by atoms with E-state index in [9.17, 15) is 69.5 Å². The summed E-state index contributed by atoms with van der Waals surface area (Å²) in [7, 11) is 8.87. The van der Waals surface area contributed by atoms with Crippen molar-refractivity contribution in [2.24, 2.45) is 17.8 Å². The second-order valence-corrected chi connectivity index (χ2v) is 29.0. The molecule has 102 heavy (non-hydrogen) atoms. The first-order chi connectivity index (χ1) is 47.6. The fourth-order valence-corrected chi connectivity index (χ4v) is 14.3. The summed E-state index contributed by atoms with van der Waals surface area (Å²) in [6.45, 7) is 8.65. The van der Waals surface area contributed by atoms with Crippen molar-refractivity contribution in [1.29, 1.82) is 0 Å². The van der Waals surface area contributed by atoms with Gasteiger partial charge in [-0.25, -0.2) is 0 Å². The van der Waals surface area contributed by atoms with Gasteiger partial charge in [-0.15, -0.1) is 0 Å². The van der Waals surface area contributed by atoms with Gasteiger partial charge >= 0.3 is 12.4 Å². The van der Waals surface area contributed by atoms with Crippen molar-refractivity contribution in [3.05, 3.63) is 69.7 Å². The number of hydrogen-bond donors (Lipinski definition) is 3. The Labute approximate surface area is 598 Å². The summed E-state index contributed by atoms with van der Waals surface area (Å²) in [5.74, 6) is -11.2. The highest BCUT2D eigenvalue weighted by molar-refractivity contribution is 6.31. The van der Waals surface area contributed by atoms with Crippen LogP contribution in [0.15, 0.2) is 42.5 Å². The van der Waals surface area contributed by atoms with Crippen LogP contribution in [0.5, 0.6) is 0 Å². The SMILES string of the molecule is CC[C@H](C)[C@@H]1NC(=O)[C@H](CC(C)C)N(C)C(=O)C[C@@H](C(=O)N2CCCCC2)N(C)C(=O)[C@H](C(C)C)N(C)C(=O)C2(CCCC2)NC(=O)[C@@H]2CCCN2C(=O)[C@H](CCc2ccc(C(F)(F)F)c(Cl)c2)NC(=O)CN(C)C(=O)[C@H](Cc2ccccc2C(F)(F)F)N(C)C(=O)CN(C)C(=O)CN(C)C1=O. The monoisotopic (exact) mass is 1460 g/mol. The Morgan fingerprint density at radius 1 is 0.618 bits per heavy atom. The van der Waals surface area contributed by atoms with E-state index in [0.717, 1.165) is 81.4 Å². The number of hydrogen-bond acceptors (Lipinski definition) is 12. The van der Waals surface area contributed by atoms with Gasteiger partial charge in [0, 0.05) is 75.4 Å². The van der Waals surface area contributed by atoms with E-state index in [4.69, 9.17) is 11.6 Å². The number of halogens is 7. The summed E-state index contributed by atoms with van der Waals surface area (Å²) < 4.78 is 85.4. The van der Waals surface area contributed by atoms with E-state index in [2.05, 4.69) is 16.0 Å². The van der Waals surface area contributed by atoms with Crippen LogP contribution < -0.4 is 16.0 Å². The number of nitrogens with one attached hydrogen (secondary N) is 3. The first-order valence-corrected chi connectivity index (χ1v) is 35.3. The highest BCUT2D eigenvalue weighted by Crippen LogP contribution is 2.38. The lowest BCUT2D eigenvalue weighted by molar-refractivity contribution is -0.156. The van der Waals surface area contributed by atoms with Crippen molar-refractivity contribution in [2.75, 3.05) is 88.6 Å². The van der Waals surface area contributed by atoms with Crippen LogP contribution in [-0.4, -0.2) is 251 Å². The minimum atomic E-state index is -4.95. The van der Waals surface area contributed by atoms with Gasteiger partial charge in [0.05, 0.1) is 42.2 Å². The molecule has 3 N–H and O–H groups in total. The molecule has 6 rings (SSSR count). The number of carbonyl (C=O) groups is 12. The number of rotatable bonds is 11. The molecule has 0 bridgehead atoms. The summed E-state index contributed by atoms with van der Waals surface area (Å²) in [5, 5.41) is 7.73. The maximum atomic E-state index is 15.4. The number of amides is 12. The van der Waals surface area contributed by atoms with Crippen LogP contribution in [0.25, 0.3) is 0 Å². The molecule has 0 radical (unpaired) electrons. The molecule has 12 amide bonds. The fourth-order valence-electron chi connectivity index (χ4n) is 14.0. The van der Waals surface area contributed by atoms with E-state index in [1.54, 1.807) is 32.6 Å². The van der Waals surface area contributed by atoms with Crippen LogP contribution in [0, 0.1) is 17.8 Å². The van der Waals surface area contributed by atoms with Gasteiger partial charge in [-0.2, -0.15) is 26.3 Å². The molecule has 8 atom stereocenters. The number of alkyl halides is 6. The average Bonchev–Trinajstić information content (AvgIpc) is 1.82. The van der Waals surface area contributed by atoms with Crippen LogP contribution in [0.2, 0.25) is 5.02 Å². The van der Waals surface area contributed by atoms with Gasteiger partial charge in [-0.3, -0.25) is 57.5 Å². The Morgan fingerprint density at radius 2 is 1.22 bits per heavy atom. The second kappa shape index (κ2) is 35.4. The number of carbonyl (C=O) groups excluding carboxylic acids is 12. The number of fused-ring (bicyclic) bond motifs is 1. The number of aryl methyl sites for hydroxylation is 1. The minimum Gasteiger partial charge on any atom is -0.343 e. The molecule has 1 saturated carbocycles. The molecular weight excluding hydrogens is 1360 g/mol. The predicted octanol–water partition coefficient (Wildman–Crippen LogP) is 5.79. The zero-order valence-electron chi connectivity index (χ0n) is 60.7. The maximum absolute atomic E-state index is 15.4. The van der Waals surface area contributed by atoms with Gasteiger partial charge in [0.25, 0.3) is 0 Å². The standard InChI is InChI=1S/C71H101ClF6N12O12/c1-14-44(6)59-66(100)84(9)40-57(93)82(7)41-58(94)86(11)53(37-46-23-16-17-24-47(46)70(73,74)75)64(98)83(8)39-55(91)79-50(29-27-45-26-28-48(49(72)36-45)71(76,77)78)63(97)90-34-22-25-51(90)62(96)81-69(30-18-19-31-69)68(102)88(13)60(43(4)5)67(101)87(12)54(65(99)89-32-20-15-21-33-89)38-56(92)85(10)52(35-42(2)3)61(95)80-59/h16-17,23-24,26,28,36,42-44,50-54,59-60H,14-15,18-22,25,27,29-35,37-41H2,1-13H3,(H,79,91)(H,80,95)(H,81,96)/t44-,50-,51-,52-,53-,54-,59-,60-/m0/s1. The van der Waals surface area contributed by atoms with Crippen molar-refractivity contribution in [3.63, 3.8) is 0 Å². The van der Waals surface area contributed by atoms with Crippen LogP contribution in [0.3, 0.4) is 0 Å². The highest BCUT2D eigenvalue weighted by Gasteiger charge is 2.51. The van der Waals surface area contributed by atoms with Crippen molar-refractivity contribution in [3.8, 4) is 0 Å². The molecule has 2 aromatic rings. The van der Waals surface area contributed by atoms with E-state index in [1.165, 1.54) is 56.0 Å². The molecule has 0 aromatic heterocycles. The van der Waals surface area contributed by atoms with E-state index in [-0.39, 0.29) is 63.0 Å². The van der Waals surface area contributed by atoms with Crippen LogP contribution in [0.4, 0.5) is 26.3 Å². The van der Waals surface area contributed by atoms with Gasteiger partial charge in [-0.1, -0.05) is 96.7 Å². The molecule has 2 aromatic carbocycles. The highest BCUT2D eigenvalue weighted by atomic mass is 35.5. The molecule has 24 nitrogen and oxygen atoms in total. The van der Waals surface area contributed by atoms with E-state index in [1.807, 2.05) is 13.8 Å². The molecule has 31 heteroatoms. The normalized spacial score (nSPS) is 24.7. The Bertz CT molecular complexity index is 3400. The van der Waals surface area contributed by atoms with E-state index in [0.29, 0.717) is 45.2 Å². The Kier molecular flexibility index (Phi) is 28.8. The van der Waals surface area contributed by atoms with Gasteiger partial charge in [0.15, 0.2) is 0 Å². The fraction of sp³-hybridized carbons (Fsp3) is 0.662. The van der Waals surface area contributed by atoms with Crippen molar-refractivity contribution in [2.45, 2.75) is 198 Å². The molecule has 1 spiro atoms. The smallest absolute Gasteiger partial charge is 0.343 e. The van der Waals surface area contributed by atoms with Gasteiger partial charge in [0.2, 0.25) is 70.9 Å². The maximum Gasteiger partial charge on any atom is 0.417 e. The predicted molar refractivity (Wildman–Crippen MR) is 366 cm³/mol. The summed E-state index contributed by atoms with van der Waals surface area (Å²) >= 11 is 6.11. The van der Waals surface area contributed by atoms with Crippen LogP contribution in [-0.2, 0) is 82.7 Å². The lowest BCUT2D eigenvalue weighted by Gasteiger charge is -2.42. The van der Waals surface area contributed by atoms with E-state index < -0.39 is 197 Å². The molecule has 3 heterocycles. The molecule has 1 aliphatic carbocycles. The lowest BCUT2D eigenvalue weighted by Crippen LogP contribution is -2.65. The van der Waals surface area contributed by atoms with Gasteiger partial charge in [-0.05, 0) is 111 Å². The number of likely N-dealkylation sites (tertiary alicyclic amines) is 1. The van der Waals surface area contributed by atoms with Crippen molar-refractivity contribution in [1.82, 2.24) is 60.0 Å². The molecule has 3 aliphatic heterocycles. The Hall–Kier alpha value is -8.05. The average molecular weight is 1460 g/mol. The zero-order valence-corrected chi connectivity index (χ0v) is 61.5. The van der Waals surface area contributed by atoms with Crippen molar-refractivity contribution < 1.29 is 83.9 Å². The van der Waals surface area contributed by atoms with E-state index >= 15 is 14.4 Å². The Balaban J connectivity index is 1.45. The molecule has 4 fully saturated rings. The quantitative estimate of drug-likeness (QED) is 0.226. The summed E-state index contributed by atoms with van der Waals surface area (Å²) in [4.78, 5) is 188. The summed E-state index contributed by atoms with van der Waals surface area (Å²) in [5.41, 5.74) is -4.17.